The van der Waals surface area contributed by atoms with Gasteiger partial charge in [0.05, 0.1) is 16.3 Å². The smallest absolute Gasteiger partial charge is 0.270 e. The fourth-order valence-corrected chi connectivity index (χ4v) is 2.93. The largest absolute Gasteiger partial charge is 0.504 e. The van der Waals surface area contributed by atoms with Crippen molar-refractivity contribution in [2.75, 3.05) is 5.32 Å². The van der Waals surface area contributed by atoms with Crippen LogP contribution in [0.3, 0.4) is 0 Å². The van der Waals surface area contributed by atoms with Crippen LogP contribution in [0.2, 0.25) is 0 Å². The van der Waals surface area contributed by atoms with Gasteiger partial charge in [-0.2, -0.15) is 0 Å². The van der Waals surface area contributed by atoms with Crippen LogP contribution in [0, 0.1) is 10.1 Å². The summed E-state index contributed by atoms with van der Waals surface area (Å²) >= 11 is 3.40. The van der Waals surface area contributed by atoms with Crippen LogP contribution in [0.4, 0.5) is 17.1 Å². The number of nitrogens with one attached hydrogen (secondary N) is 1. The molecular formula is C17H14BrN3O3. The molecule has 0 spiro atoms. The molecule has 0 aliphatic carbocycles. The molecule has 0 aliphatic heterocycles. The van der Waals surface area contributed by atoms with Gasteiger partial charge in [-0.15, -0.1) is 0 Å². The van der Waals surface area contributed by atoms with Crippen LogP contribution in [0.25, 0.3) is 11.3 Å². The average Bonchev–Trinajstić information content (AvgIpc) is 2.81. The second-order valence-corrected chi connectivity index (χ2v) is 6.21. The van der Waals surface area contributed by atoms with Crippen molar-refractivity contribution in [3.8, 4) is 17.0 Å². The number of anilines is 2. The van der Waals surface area contributed by atoms with Gasteiger partial charge in [-0.25, -0.2) is 0 Å². The molecule has 0 saturated heterocycles. The molecule has 0 bridgehead atoms. The predicted octanol–water partition coefficient (Wildman–Crippen LogP) is 4.81. The first-order valence-corrected chi connectivity index (χ1v) is 7.90. The van der Waals surface area contributed by atoms with Crippen molar-refractivity contribution in [2.45, 2.75) is 0 Å². The van der Waals surface area contributed by atoms with Crippen molar-refractivity contribution in [1.29, 1.82) is 0 Å². The lowest BCUT2D eigenvalue weighted by molar-refractivity contribution is -0.384. The average molecular weight is 388 g/mol. The molecule has 0 atom stereocenters. The number of nitrogens with zero attached hydrogens (tertiary/aromatic N) is 2. The lowest BCUT2D eigenvalue weighted by Crippen LogP contribution is -1.92. The summed E-state index contributed by atoms with van der Waals surface area (Å²) in [5.41, 5.74) is 2.41. The van der Waals surface area contributed by atoms with Crippen LogP contribution < -0.4 is 5.32 Å². The maximum atomic E-state index is 11.0. The third kappa shape index (κ3) is 3.11. The lowest BCUT2D eigenvalue weighted by Gasteiger charge is -2.06. The quantitative estimate of drug-likeness (QED) is 0.497. The topological polar surface area (TPSA) is 80.3 Å². The molecule has 0 fully saturated rings. The number of aromatic nitrogens is 1. The molecule has 0 amide bonds. The number of aryl methyl sites for hydroxylation is 1. The molecule has 2 N–H and O–H groups in total. The van der Waals surface area contributed by atoms with E-state index in [0.717, 1.165) is 10.2 Å². The summed E-state index contributed by atoms with van der Waals surface area (Å²) in [7, 11) is 1.78. The summed E-state index contributed by atoms with van der Waals surface area (Å²) in [4.78, 5) is 10.5. The van der Waals surface area contributed by atoms with E-state index in [1.165, 1.54) is 12.1 Å². The Morgan fingerprint density at radius 2 is 1.96 bits per heavy atom. The Morgan fingerprint density at radius 1 is 1.21 bits per heavy atom. The number of aromatic hydroxyl groups is 1. The Morgan fingerprint density at radius 3 is 2.67 bits per heavy atom. The second-order valence-electron chi connectivity index (χ2n) is 5.29. The maximum absolute atomic E-state index is 11.0. The van der Waals surface area contributed by atoms with Crippen LogP contribution in [0.15, 0.2) is 59.2 Å². The van der Waals surface area contributed by atoms with E-state index in [1.54, 1.807) is 29.9 Å². The first kappa shape index (κ1) is 16.1. The number of halogens is 1. The predicted molar refractivity (Wildman–Crippen MR) is 96.6 cm³/mol. The van der Waals surface area contributed by atoms with Crippen LogP contribution in [-0.4, -0.2) is 14.6 Å². The van der Waals surface area contributed by atoms with Crippen molar-refractivity contribution in [3.63, 3.8) is 0 Å². The highest BCUT2D eigenvalue weighted by Gasteiger charge is 2.17. The highest BCUT2D eigenvalue weighted by molar-refractivity contribution is 9.10. The highest BCUT2D eigenvalue weighted by Crippen LogP contribution is 2.39. The van der Waals surface area contributed by atoms with Gasteiger partial charge >= 0.3 is 0 Å². The number of hydrogen-bond acceptors (Lipinski definition) is 4. The van der Waals surface area contributed by atoms with Crippen molar-refractivity contribution >= 4 is 33.0 Å². The molecule has 122 valence electrons. The van der Waals surface area contributed by atoms with Gasteiger partial charge in [0.1, 0.15) is 0 Å². The molecule has 6 nitrogen and oxygen atoms in total. The van der Waals surface area contributed by atoms with Gasteiger partial charge in [-0.05, 0) is 18.2 Å². The summed E-state index contributed by atoms with van der Waals surface area (Å²) in [6.45, 7) is 0. The van der Waals surface area contributed by atoms with Crippen LogP contribution in [0.1, 0.15) is 0 Å². The SMILES string of the molecule is Cn1cc(Nc2cccc(Br)c2)c(O)c1-c1cccc([N+](=O)[O-])c1. The number of benzene rings is 2. The summed E-state index contributed by atoms with van der Waals surface area (Å²) < 4.78 is 2.65. The Bertz CT molecular complexity index is 921. The summed E-state index contributed by atoms with van der Waals surface area (Å²) in [6.07, 6.45) is 1.74. The van der Waals surface area contributed by atoms with Crippen molar-refractivity contribution < 1.29 is 10.0 Å². The molecule has 1 aromatic heterocycles. The third-order valence-electron chi connectivity index (χ3n) is 3.59. The van der Waals surface area contributed by atoms with E-state index in [4.69, 9.17) is 0 Å². The molecule has 0 unspecified atom stereocenters. The van der Waals surface area contributed by atoms with Gasteiger partial charge in [0.25, 0.3) is 5.69 Å². The van der Waals surface area contributed by atoms with E-state index in [0.29, 0.717) is 16.9 Å². The first-order valence-electron chi connectivity index (χ1n) is 7.11. The van der Waals surface area contributed by atoms with E-state index < -0.39 is 4.92 Å². The third-order valence-corrected chi connectivity index (χ3v) is 4.08. The Labute approximate surface area is 146 Å². The molecule has 0 aliphatic rings. The van der Waals surface area contributed by atoms with Gasteiger partial charge < -0.3 is 15.0 Å². The molecule has 2 aromatic carbocycles. The number of nitro groups is 1. The Kier molecular flexibility index (Phi) is 4.26. The molecular weight excluding hydrogens is 374 g/mol. The van der Waals surface area contributed by atoms with E-state index in [2.05, 4.69) is 21.2 Å². The highest BCUT2D eigenvalue weighted by atomic mass is 79.9. The van der Waals surface area contributed by atoms with Crippen molar-refractivity contribution in [1.82, 2.24) is 4.57 Å². The zero-order valence-electron chi connectivity index (χ0n) is 12.7. The minimum atomic E-state index is -0.454. The van der Waals surface area contributed by atoms with E-state index >= 15 is 0 Å². The van der Waals surface area contributed by atoms with Crippen LogP contribution >= 0.6 is 15.9 Å². The van der Waals surface area contributed by atoms with Crippen molar-refractivity contribution in [3.05, 3.63) is 69.3 Å². The number of nitro benzene ring substituents is 1. The first-order chi connectivity index (χ1) is 11.5. The normalized spacial score (nSPS) is 10.6. The Balaban J connectivity index is 2.01. The molecule has 3 rings (SSSR count). The maximum Gasteiger partial charge on any atom is 0.270 e. The van der Waals surface area contributed by atoms with Gasteiger partial charge in [0, 0.05) is 41.1 Å². The Hall–Kier alpha value is -2.80. The molecule has 1 heterocycles. The van der Waals surface area contributed by atoms with Gasteiger partial charge in [-0.1, -0.05) is 34.1 Å². The van der Waals surface area contributed by atoms with E-state index in [9.17, 15) is 15.2 Å². The van der Waals surface area contributed by atoms with E-state index in [-0.39, 0.29) is 11.4 Å². The fraction of sp³-hybridized carbons (Fsp3) is 0.0588. The fourth-order valence-electron chi connectivity index (χ4n) is 2.53. The van der Waals surface area contributed by atoms with E-state index in [1.807, 2.05) is 24.3 Å². The van der Waals surface area contributed by atoms with Crippen molar-refractivity contribution in [2.24, 2.45) is 7.05 Å². The zero-order chi connectivity index (χ0) is 17.3. The molecule has 7 heteroatoms. The van der Waals surface area contributed by atoms with Gasteiger partial charge in [0.2, 0.25) is 0 Å². The van der Waals surface area contributed by atoms with Gasteiger partial charge in [0.15, 0.2) is 5.75 Å². The number of non-ortho nitro benzene ring substituents is 1. The van der Waals surface area contributed by atoms with Crippen LogP contribution in [-0.2, 0) is 7.05 Å². The second kappa shape index (κ2) is 6.37. The molecule has 0 saturated carbocycles. The zero-order valence-corrected chi connectivity index (χ0v) is 14.3. The molecule has 3 aromatic rings. The number of hydrogen-bond donors (Lipinski definition) is 2. The minimum Gasteiger partial charge on any atom is -0.504 e. The summed E-state index contributed by atoms with van der Waals surface area (Å²) in [5.74, 6) is 0.0398. The molecule has 24 heavy (non-hydrogen) atoms. The minimum absolute atomic E-state index is 0.0189. The summed E-state index contributed by atoms with van der Waals surface area (Å²) in [5, 5.41) is 24.7. The van der Waals surface area contributed by atoms with Crippen LogP contribution in [0.5, 0.6) is 5.75 Å². The summed E-state index contributed by atoms with van der Waals surface area (Å²) in [6, 6.07) is 13.7. The monoisotopic (exact) mass is 387 g/mol. The lowest BCUT2D eigenvalue weighted by atomic mass is 10.1. The molecule has 0 radical (unpaired) electrons. The standard InChI is InChI=1S/C17H14BrN3O3/c1-20-10-15(19-13-6-3-5-12(18)9-13)17(22)16(20)11-4-2-7-14(8-11)21(23)24/h2-10,19,22H,1H3. The number of rotatable bonds is 4. The van der Waals surface area contributed by atoms with Gasteiger partial charge in [-0.3, -0.25) is 10.1 Å².